The summed E-state index contributed by atoms with van der Waals surface area (Å²) >= 11 is 0. The van der Waals surface area contributed by atoms with Gasteiger partial charge in [0.15, 0.2) is 11.5 Å². The standard InChI is InChI=1S/C34H48N2O9/c1-19(2)23-8-7-20(3)12-27(23)44-18-29(39)36(16-22-6-5-11-43-22)26-15-25(34(41)35-9-10-37)30-24-13-21(17-38)14-28(42-4)32(24)45-33(30)31(26)40/h13-15,17,19-20,22-23,26-27,30-31,33,37,40H,5-12,16,18H2,1-4H3,(H,35,41)/t20-,22-,23+,26+,27-,30-,31-,33-/m0/s1. The predicted octanol–water partition coefficient (Wildman–Crippen LogP) is 2.62. The summed E-state index contributed by atoms with van der Waals surface area (Å²) in [6, 6.07) is 2.26. The van der Waals surface area contributed by atoms with Gasteiger partial charge in [-0.15, -0.1) is 0 Å². The third-order valence-corrected chi connectivity index (χ3v) is 9.90. The molecule has 11 heteroatoms. The molecule has 0 radical (unpaired) electrons. The fraction of sp³-hybridized carbons (Fsp3) is 0.676. The molecule has 3 N–H and O–H groups in total. The summed E-state index contributed by atoms with van der Waals surface area (Å²) in [5.74, 6) is 0.468. The molecule has 8 atom stereocenters. The second-order valence-electron chi connectivity index (χ2n) is 13.3. The number of hydrogen-bond acceptors (Lipinski definition) is 9. The highest BCUT2D eigenvalue weighted by Gasteiger charge is 2.52. The van der Waals surface area contributed by atoms with Gasteiger partial charge >= 0.3 is 0 Å². The van der Waals surface area contributed by atoms with Crippen LogP contribution in [-0.4, -0.2) is 104 Å². The molecule has 1 saturated heterocycles. The molecule has 0 bridgehead atoms. The quantitative estimate of drug-likeness (QED) is 0.298. The first-order valence-electron chi connectivity index (χ1n) is 16.3. The van der Waals surface area contributed by atoms with Gasteiger partial charge in [0.2, 0.25) is 11.8 Å². The van der Waals surface area contributed by atoms with Crippen molar-refractivity contribution < 1.29 is 43.5 Å². The zero-order valence-corrected chi connectivity index (χ0v) is 26.8. The number of aliphatic hydroxyl groups is 2. The average molecular weight is 629 g/mol. The smallest absolute Gasteiger partial charge is 0.249 e. The molecule has 1 aromatic carbocycles. The van der Waals surface area contributed by atoms with Crippen molar-refractivity contribution >= 4 is 18.1 Å². The van der Waals surface area contributed by atoms with E-state index in [-0.39, 0.29) is 50.0 Å². The first-order chi connectivity index (χ1) is 21.7. The topological polar surface area (TPSA) is 144 Å². The normalized spacial score (nSPS) is 30.6. The number of amides is 2. The summed E-state index contributed by atoms with van der Waals surface area (Å²) in [5, 5.41) is 24.0. The number of carbonyl (C=O) groups is 3. The van der Waals surface area contributed by atoms with Crippen molar-refractivity contribution in [3.63, 3.8) is 0 Å². The van der Waals surface area contributed by atoms with Gasteiger partial charge in [0.1, 0.15) is 25.1 Å². The number of ether oxygens (including phenoxy) is 4. The maximum atomic E-state index is 14.1. The number of benzene rings is 1. The highest BCUT2D eigenvalue weighted by atomic mass is 16.5. The van der Waals surface area contributed by atoms with Gasteiger partial charge in [-0.2, -0.15) is 0 Å². The minimum Gasteiger partial charge on any atom is -0.493 e. The van der Waals surface area contributed by atoms with Crippen molar-refractivity contribution in [2.75, 3.05) is 40.0 Å². The van der Waals surface area contributed by atoms with E-state index in [1.807, 2.05) is 0 Å². The molecule has 2 heterocycles. The molecule has 1 aromatic rings. The molecule has 45 heavy (non-hydrogen) atoms. The van der Waals surface area contributed by atoms with Gasteiger partial charge in [-0.25, -0.2) is 0 Å². The van der Waals surface area contributed by atoms with Crippen LogP contribution in [0.15, 0.2) is 23.8 Å². The lowest BCUT2D eigenvalue weighted by Gasteiger charge is -2.42. The molecular weight excluding hydrogens is 580 g/mol. The largest absolute Gasteiger partial charge is 0.493 e. The monoisotopic (exact) mass is 628 g/mol. The Morgan fingerprint density at radius 3 is 2.69 bits per heavy atom. The zero-order valence-electron chi connectivity index (χ0n) is 26.8. The fourth-order valence-electron chi connectivity index (χ4n) is 7.52. The lowest BCUT2D eigenvalue weighted by molar-refractivity contribution is -0.149. The Balaban J connectivity index is 1.48. The summed E-state index contributed by atoms with van der Waals surface area (Å²) in [7, 11) is 1.46. The lowest BCUT2D eigenvalue weighted by atomic mass is 9.75. The number of methoxy groups -OCH3 is 1. The van der Waals surface area contributed by atoms with Gasteiger partial charge in [-0.3, -0.25) is 14.4 Å². The van der Waals surface area contributed by atoms with Crippen LogP contribution in [0.5, 0.6) is 11.5 Å². The van der Waals surface area contributed by atoms with Gasteiger partial charge in [0.05, 0.1) is 37.9 Å². The van der Waals surface area contributed by atoms with Crippen LogP contribution < -0.4 is 14.8 Å². The van der Waals surface area contributed by atoms with E-state index in [0.29, 0.717) is 53.3 Å². The van der Waals surface area contributed by atoms with Crippen LogP contribution in [0.1, 0.15) is 74.7 Å². The predicted molar refractivity (Wildman–Crippen MR) is 165 cm³/mol. The number of nitrogens with one attached hydrogen (secondary N) is 1. The van der Waals surface area contributed by atoms with Crippen molar-refractivity contribution in [3.8, 4) is 11.5 Å². The van der Waals surface area contributed by atoms with E-state index in [9.17, 15) is 24.6 Å². The average Bonchev–Trinajstić information content (AvgIpc) is 3.69. The maximum absolute atomic E-state index is 14.1. The van der Waals surface area contributed by atoms with Crippen LogP contribution in [-0.2, 0) is 19.1 Å². The minimum atomic E-state index is -1.22. The summed E-state index contributed by atoms with van der Waals surface area (Å²) in [5.41, 5.74) is 1.15. The Morgan fingerprint density at radius 2 is 2.02 bits per heavy atom. The molecule has 0 aromatic heterocycles. The van der Waals surface area contributed by atoms with E-state index in [4.69, 9.17) is 18.9 Å². The van der Waals surface area contributed by atoms with E-state index < -0.39 is 30.1 Å². The summed E-state index contributed by atoms with van der Waals surface area (Å²) in [4.78, 5) is 41.0. The molecule has 5 rings (SSSR count). The van der Waals surface area contributed by atoms with Crippen LogP contribution in [0.2, 0.25) is 0 Å². The van der Waals surface area contributed by atoms with Crippen LogP contribution in [0.4, 0.5) is 0 Å². The van der Waals surface area contributed by atoms with Crippen LogP contribution >= 0.6 is 0 Å². The van der Waals surface area contributed by atoms with Gasteiger partial charge in [0, 0.05) is 36.4 Å². The van der Waals surface area contributed by atoms with E-state index in [1.165, 1.54) is 7.11 Å². The number of aldehydes is 1. The molecule has 2 aliphatic carbocycles. The SMILES string of the molecule is COc1cc(C=O)cc2c1O[C@@H]1[C@@H](O)[C@H](N(C[C@@H]3CCCO3)C(=O)CO[C@H]3C[C@@H](C)CC[C@@H]3C(C)C)C=C(C(=O)NCCO)[C@H]21. The Kier molecular flexibility index (Phi) is 10.8. The molecule has 2 fully saturated rings. The van der Waals surface area contributed by atoms with Gasteiger partial charge in [-0.1, -0.05) is 27.2 Å². The highest BCUT2D eigenvalue weighted by molar-refractivity contribution is 5.96. The lowest BCUT2D eigenvalue weighted by Crippen LogP contribution is -2.57. The number of hydrogen-bond donors (Lipinski definition) is 3. The van der Waals surface area contributed by atoms with Crippen LogP contribution in [0, 0.1) is 17.8 Å². The van der Waals surface area contributed by atoms with E-state index in [2.05, 4.69) is 26.1 Å². The summed E-state index contributed by atoms with van der Waals surface area (Å²) in [6.45, 7) is 7.04. The molecule has 2 amide bonds. The van der Waals surface area contributed by atoms with Crippen LogP contribution in [0.3, 0.4) is 0 Å². The van der Waals surface area contributed by atoms with Crippen molar-refractivity contribution in [2.24, 2.45) is 17.8 Å². The first-order valence-corrected chi connectivity index (χ1v) is 16.3. The Morgan fingerprint density at radius 1 is 1.22 bits per heavy atom. The van der Waals surface area contributed by atoms with Gasteiger partial charge in [-0.05, 0) is 61.6 Å². The molecule has 2 aliphatic heterocycles. The number of carbonyl (C=O) groups excluding carboxylic acids is 3. The fourth-order valence-corrected chi connectivity index (χ4v) is 7.52. The first kappa shape index (κ1) is 33.4. The maximum Gasteiger partial charge on any atom is 0.249 e. The van der Waals surface area contributed by atoms with Crippen LogP contribution in [0.25, 0.3) is 0 Å². The zero-order chi connectivity index (χ0) is 32.2. The van der Waals surface area contributed by atoms with Gasteiger partial charge in [0.25, 0.3) is 0 Å². The highest BCUT2D eigenvalue weighted by Crippen LogP contribution is 2.51. The molecule has 0 unspecified atom stereocenters. The van der Waals surface area contributed by atoms with E-state index >= 15 is 0 Å². The minimum absolute atomic E-state index is 0.0232. The van der Waals surface area contributed by atoms with Crippen molar-refractivity contribution in [3.05, 3.63) is 34.9 Å². The Labute approximate surface area is 265 Å². The molecule has 0 spiro atoms. The molecule has 1 saturated carbocycles. The number of nitrogens with zero attached hydrogens (tertiary/aromatic N) is 1. The number of aliphatic hydroxyl groups excluding tert-OH is 2. The number of rotatable bonds is 12. The van der Waals surface area contributed by atoms with Crippen molar-refractivity contribution in [1.29, 1.82) is 0 Å². The summed E-state index contributed by atoms with van der Waals surface area (Å²) < 4.78 is 24.1. The van der Waals surface area contributed by atoms with E-state index in [0.717, 1.165) is 32.1 Å². The third-order valence-electron chi connectivity index (χ3n) is 9.90. The Hall–Kier alpha value is -2.99. The van der Waals surface area contributed by atoms with Crippen molar-refractivity contribution in [2.45, 2.75) is 89.3 Å². The molecule has 4 aliphatic rings. The second kappa shape index (κ2) is 14.6. The second-order valence-corrected chi connectivity index (χ2v) is 13.3. The van der Waals surface area contributed by atoms with Gasteiger partial charge < -0.3 is 39.4 Å². The van der Waals surface area contributed by atoms with Crippen molar-refractivity contribution in [1.82, 2.24) is 10.2 Å². The Bertz CT molecular complexity index is 1260. The molecule has 11 nitrogen and oxygen atoms in total. The molecular formula is C34H48N2O9. The third kappa shape index (κ3) is 7.06. The van der Waals surface area contributed by atoms with E-state index in [1.54, 1.807) is 23.1 Å². The number of fused-ring (bicyclic) bond motifs is 3. The molecule has 248 valence electrons. The summed E-state index contributed by atoms with van der Waals surface area (Å²) in [6.07, 6.45) is 4.65.